The predicted octanol–water partition coefficient (Wildman–Crippen LogP) is 4.54. The van der Waals surface area contributed by atoms with Crippen molar-refractivity contribution in [2.24, 2.45) is 0 Å². The maximum Gasteiger partial charge on any atom is 0.416 e. The molecule has 3 aromatic rings. The van der Waals surface area contributed by atoms with Crippen LogP contribution in [0.25, 0.3) is 17.6 Å². The lowest BCUT2D eigenvalue weighted by molar-refractivity contribution is -0.138. The lowest BCUT2D eigenvalue weighted by atomic mass is 9.99. The van der Waals surface area contributed by atoms with E-state index in [1.165, 1.54) is 30.3 Å². The van der Waals surface area contributed by atoms with Crippen molar-refractivity contribution in [1.82, 2.24) is 25.0 Å². The zero-order chi connectivity index (χ0) is 29.0. The molecule has 16 heteroatoms. The summed E-state index contributed by atoms with van der Waals surface area (Å²) in [5.41, 5.74) is -2.52. The van der Waals surface area contributed by atoms with Crippen LogP contribution in [0.2, 0.25) is 5.02 Å². The zero-order valence-corrected chi connectivity index (χ0v) is 20.2. The van der Waals surface area contributed by atoms with Gasteiger partial charge in [0.2, 0.25) is 5.91 Å². The Morgan fingerprint density at radius 1 is 1.05 bits per heavy atom. The number of halogens is 7. The Morgan fingerprint density at radius 2 is 1.69 bits per heavy atom. The number of amides is 2. The summed E-state index contributed by atoms with van der Waals surface area (Å²) in [5.74, 6) is -1.24. The van der Waals surface area contributed by atoms with Gasteiger partial charge in [0.1, 0.15) is 6.54 Å². The number of carbonyl (C=O) groups excluding carboxylic acids is 1. The number of hydrogen-bond donors (Lipinski definition) is 3. The quantitative estimate of drug-likeness (QED) is 0.340. The van der Waals surface area contributed by atoms with Gasteiger partial charge in [0.25, 0.3) is 0 Å². The van der Waals surface area contributed by atoms with Crippen LogP contribution in [0.5, 0.6) is 0 Å². The lowest BCUT2D eigenvalue weighted by Gasteiger charge is -2.22. The molecule has 0 aliphatic carbocycles. The number of allylic oxidation sites excluding steroid dienone is 1. The fourth-order valence-corrected chi connectivity index (χ4v) is 3.59. The molecule has 1 heterocycles. The molecule has 1 aromatic heterocycles. The van der Waals surface area contributed by atoms with Crippen molar-refractivity contribution in [3.05, 3.63) is 81.2 Å². The van der Waals surface area contributed by atoms with Crippen molar-refractivity contribution in [3.8, 4) is 11.4 Å². The SMILES string of the molecule is O=C(O)NC(CNC(=O)Cn1nc(-c2ccc(Cl)cc2)n(/C=C/C(F)(F)F)c1=O)c1ccccc1C(F)(F)F. The Morgan fingerprint density at radius 3 is 2.28 bits per heavy atom. The normalized spacial score (nSPS) is 12.9. The van der Waals surface area contributed by atoms with E-state index in [0.29, 0.717) is 20.5 Å². The van der Waals surface area contributed by atoms with E-state index >= 15 is 0 Å². The number of aromatic nitrogens is 3. The molecule has 0 saturated carbocycles. The second-order valence-corrected chi connectivity index (χ2v) is 8.33. The van der Waals surface area contributed by atoms with E-state index in [4.69, 9.17) is 16.7 Å². The third-order valence-corrected chi connectivity index (χ3v) is 5.37. The van der Waals surface area contributed by atoms with Gasteiger partial charge in [-0.05, 0) is 35.9 Å². The standard InChI is InChI=1S/C23H18ClF6N5O4/c24-14-7-5-13(6-8-14)19-33-35(21(39)34(19)10-9-22(25,26)27)12-18(36)31-11-17(32-20(37)38)15-3-1-2-4-16(15)23(28,29)30/h1-10,17,32H,11-12H2,(H,31,36)(H,37,38)/b10-9+. The van der Waals surface area contributed by atoms with E-state index in [0.717, 1.165) is 18.2 Å². The van der Waals surface area contributed by atoms with Gasteiger partial charge in [-0.25, -0.2) is 18.8 Å². The van der Waals surface area contributed by atoms with E-state index in [-0.39, 0.29) is 17.5 Å². The fourth-order valence-electron chi connectivity index (χ4n) is 3.47. The second kappa shape index (κ2) is 11.6. The minimum atomic E-state index is -4.82. The van der Waals surface area contributed by atoms with Crippen LogP contribution >= 0.6 is 11.6 Å². The maximum absolute atomic E-state index is 13.4. The van der Waals surface area contributed by atoms with Crippen LogP contribution in [0.1, 0.15) is 17.2 Å². The molecule has 0 fully saturated rings. The first kappa shape index (κ1) is 29.3. The Bertz CT molecular complexity index is 1430. The molecule has 0 saturated heterocycles. The zero-order valence-electron chi connectivity index (χ0n) is 19.4. The third kappa shape index (κ3) is 7.86. The molecule has 208 valence electrons. The van der Waals surface area contributed by atoms with E-state index in [2.05, 4.69) is 10.4 Å². The van der Waals surface area contributed by atoms with Crippen LogP contribution in [0.15, 0.2) is 59.4 Å². The average Bonchev–Trinajstić information content (AvgIpc) is 3.14. The summed E-state index contributed by atoms with van der Waals surface area (Å²) < 4.78 is 79.6. The van der Waals surface area contributed by atoms with Gasteiger partial charge in [-0.3, -0.25) is 4.79 Å². The summed E-state index contributed by atoms with van der Waals surface area (Å²) in [4.78, 5) is 36.5. The van der Waals surface area contributed by atoms with Gasteiger partial charge in [-0.15, -0.1) is 5.10 Å². The molecule has 0 bridgehead atoms. The van der Waals surface area contributed by atoms with Crippen LogP contribution < -0.4 is 16.3 Å². The van der Waals surface area contributed by atoms with Crippen molar-refractivity contribution in [2.45, 2.75) is 24.9 Å². The first-order valence-electron chi connectivity index (χ1n) is 10.8. The Kier molecular flexibility index (Phi) is 8.74. The summed E-state index contributed by atoms with van der Waals surface area (Å²) in [7, 11) is 0. The molecular formula is C23H18ClF6N5O4. The van der Waals surface area contributed by atoms with Gasteiger partial charge < -0.3 is 15.7 Å². The van der Waals surface area contributed by atoms with Gasteiger partial charge in [0, 0.05) is 29.4 Å². The number of hydrogen-bond acceptors (Lipinski definition) is 4. The monoisotopic (exact) mass is 577 g/mol. The smallest absolute Gasteiger partial charge is 0.416 e. The number of carbonyl (C=O) groups is 2. The molecule has 0 radical (unpaired) electrons. The molecule has 3 N–H and O–H groups in total. The van der Waals surface area contributed by atoms with E-state index in [1.807, 2.05) is 5.32 Å². The highest BCUT2D eigenvalue weighted by atomic mass is 35.5. The molecule has 1 unspecified atom stereocenters. The molecule has 0 aliphatic rings. The highest BCUT2D eigenvalue weighted by Crippen LogP contribution is 2.34. The molecular weight excluding hydrogens is 560 g/mol. The number of nitrogens with one attached hydrogen (secondary N) is 2. The van der Waals surface area contributed by atoms with Crippen molar-refractivity contribution < 1.29 is 41.0 Å². The molecule has 39 heavy (non-hydrogen) atoms. The summed E-state index contributed by atoms with van der Waals surface area (Å²) in [6, 6.07) is 8.18. The third-order valence-electron chi connectivity index (χ3n) is 5.12. The van der Waals surface area contributed by atoms with E-state index < -0.39 is 60.3 Å². The summed E-state index contributed by atoms with van der Waals surface area (Å²) in [6.45, 7) is -1.49. The minimum absolute atomic E-state index is 0.192. The average molecular weight is 578 g/mol. The van der Waals surface area contributed by atoms with Crippen LogP contribution in [-0.2, 0) is 17.5 Å². The Hall–Kier alpha value is -4.27. The largest absolute Gasteiger partial charge is 0.465 e. The van der Waals surface area contributed by atoms with E-state index in [1.54, 1.807) is 0 Å². The summed E-state index contributed by atoms with van der Waals surface area (Å²) >= 11 is 5.82. The van der Waals surface area contributed by atoms with Gasteiger partial charge >= 0.3 is 24.1 Å². The first-order chi connectivity index (χ1) is 18.2. The number of rotatable bonds is 8. The molecule has 9 nitrogen and oxygen atoms in total. The second-order valence-electron chi connectivity index (χ2n) is 7.89. The number of alkyl halides is 6. The van der Waals surface area contributed by atoms with Crippen LogP contribution in [-0.4, -0.2) is 44.2 Å². The van der Waals surface area contributed by atoms with Crippen molar-refractivity contribution in [1.29, 1.82) is 0 Å². The predicted molar refractivity (Wildman–Crippen MR) is 127 cm³/mol. The summed E-state index contributed by atoms with van der Waals surface area (Å²) in [5, 5.41) is 17.4. The number of carboxylic acid groups (broad SMARTS) is 1. The molecule has 0 spiro atoms. The van der Waals surface area contributed by atoms with Crippen LogP contribution in [0.3, 0.4) is 0 Å². The van der Waals surface area contributed by atoms with Crippen LogP contribution in [0, 0.1) is 0 Å². The Balaban J connectivity index is 1.87. The lowest BCUT2D eigenvalue weighted by Crippen LogP contribution is -2.40. The molecule has 2 amide bonds. The number of benzene rings is 2. The number of nitrogens with zero attached hydrogens (tertiary/aromatic N) is 3. The van der Waals surface area contributed by atoms with Gasteiger partial charge in [-0.2, -0.15) is 26.3 Å². The molecule has 3 rings (SSSR count). The Labute approximate surface area is 220 Å². The van der Waals surface area contributed by atoms with Crippen molar-refractivity contribution in [3.63, 3.8) is 0 Å². The van der Waals surface area contributed by atoms with Gasteiger partial charge in [-0.1, -0.05) is 29.8 Å². The summed E-state index contributed by atoms with van der Waals surface area (Å²) in [6.07, 6.45) is -11.0. The molecule has 2 aromatic carbocycles. The van der Waals surface area contributed by atoms with Crippen LogP contribution in [0.4, 0.5) is 31.1 Å². The molecule has 0 aliphatic heterocycles. The minimum Gasteiger partial charge on any atom is -0.465 e. The van der Waals surface area contributed by atoms with Gasteiger partial charge in [0.05, 0.1) is 11.6 Å². The van der Waals surface area contributed by atoms with Crippen molar-refractivity contribution in [2.75, 3.05) is 6.54 Å². The topological polar surface area (TPSA) is 118 Å². The van der Waals surface area contributed by atoms with E-state index in [9.17, 15) is 40.7 Å². The highest BCUT2D eigenvalue weighted by molar-refractivity contribution is 6.30. The van der Waals surface area contributed by atoms with Gasteiger partial charge in [0.15, 0.2) is 5.82 Å². The van der Waals surface area contributed by atoms with Crippen molar-refractivity contribution >= 4 is 29.8 Å². The molecule has 1 atom stereocenters. The fraction of sp³-hybridized carbons (Fsp3) is 0.217. The maximum atomic E-state index is 13.4. The highest BCUT2D eigenvalue weighted by Gasteiger charge is 2.35. The first-order valence-corrected chi connectivity index (χ1v) is 11.2.